The van der Waals surface area contributed by atoms with Crippen LogP contribution in [0.5, 0.6) is 0 Å². The average Bonchev–Trinajstić information content (AvgIpc) is 2.51. The molecule has 6 nitrogen and oxygen atoms in total. The SMILES string of the molecule is NCCNC(=O)NCC1CCCS1(=O)=O. The van der Waals surface area contributed by atoms with Crippen molar-refractivity contribution in [1.82, 2.24) is 10.6 Å². The van der Waals surface area contributed by atoms with Crippen molar-refractivity contribution in [3.63, 3.8) is 0 Å². The normalized spacial score (nSPS) is 23.7. The zero-order valence-corrected chi connectivity index (χ0v) is 9.35. The van der Waals surface area contributed by atoms with Crippen molar-refractivity contribution in [3.8, 4) is 0 Å². The standard InChI is InChI=1S/C8H17N3O3S/c9-3-4-10-8(12)11-6-7-2-1-5-15(7,13)14/h7H,1-6,9H2,(H2,10,11,12). The first-order valence-electron chi connectivity index (χ1n) is 4.99. The van der Waals surface area contributed by atoms with Crippen LogP contribution >= 0.6 is 0 Å². The van der Waals surface area contributed by atoms with E-state index in [-0.39, 0.29) is 18.3 Å². The van der Waals surface area contributed by atoms with E-state index in [4.69, 9.17) is 5.73 Å². The molecule has 1 fully saturated rings. The third-order valence-corrected chi connectivity index (χ3v) is 4.66. The molecule has 15 heavy (non-hydrogen) atoms. The third kappa shape index (κ3) is 3.67. The summed E-state index contributed by atoms with van der Waals surface area (Å²) < 4.78 is 22.8. The minimum absolute atomic E-state index is 0.193. The van der Waals surface area contributed by atoms with Crippen molar-refractivity contribution >= 4 is 15.9 Å². The van der Waals surface area contributed by atoms with E-state index < -0.39 is 15.1 Å². The first-order chi connectivity index (χ1) is 7.06. The van der Waals surface area contributed by atoms with E-state index in [1.807, 2.05) is 0 Å². The maximum Gasteiger partial charge on any atom is 0.314 e. The summed E-state index contributed by atoms with van der Waals surface area (Å²) in [6.07, 6.45) is 1.33. The predicted molar refractivity (Wildman–Crippen MR) is 57.3 cm³/mol. The molecule has 0 aromatic heterocycles. The van der Waals surface area contributed by atoms with E-state index in [1.165, 1.54) is 0 Å². The number of urea groups is 1. The number of carbonyl (C=O) groups excluding carboxylic acids is 1. The van der Waals surface area contributed by atoms with Crippen molar-refractivity contribution in [2.24, 2.45) is 5.73 Å². The van der Waals surface area contributed by atoms with Crippen LogP contribution in [0.15, 0.2) is 0 Å². The molecule has 1 atom stereocenters. The topological polar surface area (TPSA) is 101 Å². The molecule has 7 heteroatoms. The Bertz CT molecular complexity index is 315. The smallest absolute Gasteiger partial charge is 0.314 e. The van der Waals surface area contributed by atoms with Crippen LogP contribution in [-0.2, 0) is 9.84 Å². The molecule has 4 N–H and O–H groups in total. The number of rotatable bonds is 4. The Kier molecular flexibility index (Phi) is 4.34. The maximum atomic E-state index is 11.4. The van der Waals surface area contributed by atoms with Crippen molar-refractivity contribution in [2.75, 3.05) is 25.4 Å². The van der Waals surface area contributed by atoms with Gasteiger partial charge in [-0.2, -0.15) is 0 Å². The van der Waals surface area contributed by atoms with Gasteiger partial charge in [0.1, 0.15) is 0 Å². The molecule has 0 saturated carbocycles. The fraction of sp³-hybridized carbons (Fsp3) is 0.875. The highest BCUT2D eigenvalue weighted by Gasteiger charge is 2.31. The lowest BCUT2D eigenvalue weighted by atomic mass is 10.2. The second-order valence-electron chi connectivity index (χ2n) is 3.56. The van der Waals surface area contributed by atoms with Gasteiger partial charge in [0.05, 0.1) is 11.0 Å². The van der Waals surface area contributed by atoms with Crippen molar-refractivity contribution in [1.29, 1.82) is 0 Å². The number of carbonyl (C=O) groups is 1. The van der Waals surface area contributed by atoms with Gasteiger partial charge in [-0.3, -0.25) is 0 Å². The molecule has 0 bridgehead atoms. The summed E-state index contributed by atoms with van der Waals surface area (Å²) in [5.74, 6) is 0.240. The van der Waals surface area contributed by atoms with Crippen molar-refractivity contribution in [2.45, 2.75) is 18.1 Å². The number of nitrogens with one attached hydrogen (secondary N) is 2. The zero-order chi connectivity index (χ0) is 11.3. The largest absolute Gasteiger partial charge is 0.337 e. The number of sulfone groups is 1. The predicted octanol–water partition coefficient (Wildman–Crippen LogP) is -1.18. The molecule has 2 amide bonds. The molecule has 0 aliphatic carbocycles. The molecule has 88 valence electrons. The molecule has 1 aliphatic rings. The summed E-state index contributed by atoms with van der Waals surface area (Å²) in [6, 6.07) is -0.359. The Balaban J connectivity index is 2.28. The molecule has 0 aromatic rings. The molecule has 0 radical (unpaired) electrons. The lowest BCUT2D eigenvalue weighted by Crippen LogP contribution is -2.42. The highest BCUT2D eigenvalue weighted by Crippen LogP contribution is 2.18. The van der Waals surface area contributed by atoms with Crippen LogP contribution in [0.25, 0.3) is 0 Å². The Morgan fingerprint density at radius 1 is 1.40 bits per heavy atom. The first kappa shape index (κ1) is 12.3. The van der Waals surface area contributed by atoms with Gasteiger partial charge in [0.15, 0.2) is 9.84 Å². The van der Waals surface area contributed by atoms with Gasteiger partial charge in [-0.25, -0.2) is 13.2 Å². The molecule has 0 aromatic carbocycles. The lowest BCUT2D eigenvalue weighted by Gasteiger charge is -2.11. The third-order valence-electron chi connectivity index (χ3n) is 2.38. The van der Waals surface area contributed by atoms with Crippen LogP contribution in [0.2, 0.25) is 0 Å². The molecule has 1 heterocycles. The van der Waals surface area contributed by atoms with E-state index in [9.17, 15) is 13.2 Å². The van der Waals surface area contributed by atoms with Crippen LogP contribution in [0.4, 0.5) is 4.79 Å². The molecule has 1 aliphatic heterocycles. The van der Waals surface area contributed by atoms with Crippen LogP contribution in [0.3, 0.4) is 0 Å². The summed E-state index contributed by atoms with van der Waals surface area (Å²) >= 11 is 0. The summed E-state index contributed by atoms with van der Waals surface area (Å²) in [5, 5.41) is 4.63. The summed E-state index contributed by atoms with van der Waals surface area (Å²) in [7, 11) is -2.97. The fourth-order valence-corrected chi connectivity index (χ4v) is 3.31. The second kappa shape index (κ2) is 5.32. The van der Waals surface area contributed by atoms with Gasteiger partial charge in [-0.05, 0) is 12.8 Å². The second-order valence-corrected chi connectivity index (χ2v) is 5.96. The monoisotopic (exact) mass is 235 g/mol. The minimum atomic E-state index is -2.97. The molecule has 0 spiro atoms. The van der Waals surface area contributed by atoms with Crippen LogP contribution < -0.4 is 16.4 Å². The molecule has 1 saturated heterocycles. The molecule has 1 rings (SSSR count). The highest BCUT2D eigenvalue weighted by atomic mass is 32.2. The number of amides is 2. The fourth-order valence-electron chi connectivity index (χ4n) is 1.54. The van der Waals surface area contributed by atoms with Gasteiger partial charge >= 0.3 is 6.03 Å². The highest BCUT2D eigenvalue weighted by molar-refractivity contribution is 7.92. The van der Waals surface area contributed by atoms with Gasteiger partial charge in [0, 0.05) is 19.6 Å². The van der Waals surface area contributed by atoms with E-state index in [1.54, 1.807) is 0 Å². The maximum absolute atomic E-state index is 11.4. The summed E-state index contributed by atoms with van der Waals surface area (Å²) in [5.41, 5.74) is 5.20. The van der Waals surface area contributed by atoms with Crippen LogP contribution in [0.1, 0.15) is 12.8 Å². The summed E-state index contributed by atoms with van der Waals surface area (Å²) in [4.78, 5) is 11.1. The first-order valence-corrected chi connectivity index (χ1v) is 6.71. The molecular weight excluding hydrogens is 218 g/mol. The number of nitrogens with two attached hydrogens (primary N) is 1. The quantitative estimate of drug-likeness (QED) is 0.571. The van der Waals surface area contributed by atoms with Crippen molar-refractivity contribution < 1.29 is 13.2 Å². The lowest BCUT2D eigenvalue weighted by molar-refractivity contribution is 0.241. The summed E-state index contributed by atoms with van der Waals surface area (Å²) in [6.45, 7) is 0.955. The van der Waals surface area contributed by atoms with Crippen molar-refractivity contribution in [3.05, 3.63) is 0 Å². The van der Waals surface area contributed by atoms with Crippen LogP contribution in [0, 0.1) is 0 Å². The number of hydrogen-bond acceptors (Lipinski definition) is 4. The van der Waals surface area contributed by atoms with Gasteiger partial charge in [-0.1, -0.05) is 0 Å². The Hall–Kier alpha value is -0.820. The van der Waals surface area contributed by atoms with Gasteiger partial charge in [0.2, 0.25) is 0 Å². The van der Waals surface area contributed by atoms with Gasteiger partial charge in [-0.15, -0.1) is 0 Å². The molecule has 1 unspecified atom stereocenters. The van der Waals surface area contributed by atoms with Gasteiger partial charge in [0.25, 0.3) is 0 Å². The zero-order valence-electron chi connectivity index (χ0n) is 8.53. The van der Waals surface area contributed by atoms with E-state index in [0.29, 0.717) is 25.9 Å². The Morgan fingerprint density at radius 2 is 2.13 bits per heavy atom. The minimum Gasteiger partial charge on any atom is -0.337 e. The van der Waals surface area contributed by atoms with E-state index in [0.717, 1.165) is 0 Å². The number of hydrogen-bond donors (Lipinski definition) is 3. The molecular formula is C8H17N3O3S. The average molecular weight is 235 g/mol. The van der Waals surface area contributed by atoms with E-state index in [2.05, 4.69) is 10.6 Å². The van der Waals surface area contributed by atoms with Crippen LogP contribution in [-0.4, -0.2) is 45.1 Å². The Labute approximate surface area is 89.5 Å². The van der Waals surface area contributed by atoms with E-state index >= 15 is 0 Å². The Morgan fingerprint density at radius 3 is 2.67 bits per heavy atom. The van der Waals surface area contributed by atoms with Gasteiger partial charge < -0.3 is 16.4 Å².